The normalized spacial score (nSPS) is 16.8. The monoisotopic (exact) mass is 346 g/mol. The summed E-state index contributed by atoms with van der Waals surface area (Å²) in [5.74, 6) is 0.351. The van der Waals surface area contributed by atoms with Gasteiger partial charge in [0.2, 0.25) is 11.8 Å². The van der Waals surface area contributed by atoms with Crippen molar-refractivity contribution in [3.63, 3.8) is 0 Å². The smallest absolute Gasteiger partial charge is 0.330 e. The fraction of sp³-hybridized carbons (Fsp3) is 0.500. The lowest BCUT2D eigenvalue weighted by molar-refractivity contribution is -0.148. The summed E-state index contributed by atoms with van der Waals surface area (Å²) in [4.78, 5) is 26.2. The summed E-state index contributed by atoms with van der Waals surface area (Å²) in [6.07, 6.45) is 5.69. The Hall–Kier alpha value is -2.84. The molecular weight excluding hydrogens is 324 g/mol. The summed E-state index contributed by atoms with van der Waals surface area (Å²) in [5, 5.41) is 9.77. The predicted molar refractivity (Wildman–Crippen MR) is 91.5 cm³/mol. The number of hydrogen-bond acceptors (Lipinski definition) is 7. The molecule has 0 amide bonds. The van der Waals surface area contributed by atoms with Crippen LogP contribution in [-0.4, -0.2) is 49.8 Å². The highest BCUT2D eigenvalue weighted by Crippen LogP contribution is 2.33. The summed E-state index contributed by atoms with van der Waals surface area (Å²) in [7, 11) is 0. The minimum Gasteiger partial charge on any atom is -0.479 e. The fourth-order valence-electron chi connectivity index (χ4n) is 3.09. The number of imidazole rings is 1. The predicted octanol–water partition coefficient (Wildman–Crippen LogP) is 1.12. The molecule has 0 aromatic carbocycles. The summed E-state index contributed by atoms with van der Waals surface area (Å²) >= 11 is 0. The first-order valence-electron chi connectivity index (χ1n) is 8.19. The number of ether oxygens (including phenoxy) is 1. The number of carboxylic acid groups (broad SMARTS) is 1. The van der Waals surface area contributed by atoms with Crippen molar-refractivity contribution in [2.75, 3.05) is 23.7 Å². The molecule has 9 nitrogen and oxygen atoms in total. The average molecular weight is 346 g/mol. The Balaban J connectivity index is 1.80. The van der Waals surface area contributed by atoms with Crippen molar-refractivity contribution in [1.82, 2.24) is 19.5 Å². The topological polar surface area (TPSA) is 119 Å². The fourth-order valence-corrected chi connectivity index (χ4v) is 3.09. The first kappa shape index (κ1) is 17.0. The van der Waals surface area contributed by atoms with E-state index < -0.39 is 11.5 Å². The number of nitrogen functional groups attached to an aromatic ring is 1. The molecule has 134 valence electrons. The van der Waals surface area contributed by atoms with E-state index >= 15 is 0 Å². The third-order valence-electron chi connectivity index (χ3n) is 4.37. The second kappa shape index (κ2) is 6.58. The van der Waals surface area contributed by atoms with Crippen molar-refractivity contribution in [3.8, 4) is 5.88 Å². The van der Waals surface area contributed by atoms with E-state index in [0.717, 1.165) is 0 Å². The molecule has 0 radical (unpaired) electrons. The number of carboxylic acids is 1. The maximum Gasteiger partial charge on any atom is 0.330 e. The van der Waals surface area contributed by atoms with Crippen LogP contribution in [0.1, 0.15) is 26.7 Å². The molecule has 9 heteroatoms. The van der Waals surface area contributed by atoms with Crippen LogP contribution >= 0.6 is 0 Å². The maximum absolute atomic E-state index is 11.9. The van der Waals surface area contributed by atoms with E-state index in [9.17, 15) is 9.90 Å². The highest BCUT2D eigenvalue weighted by molar-refractivity contribution is 5.77. The Morgan fingerprint density at radius 2 is 2.08 bits per heavy atom. The maximum atomic E-state index is 11.9. The molecule has 2 aromatic heterocycles. The zero-order chi connectivity index (χ0) is 18.0. The highest BCUT2D eigenvalue weighted by atomic mass is 16.5. The van der Waals surface area contributed by atoms with Crippen LogP contribution in [0.15, 0.2) is 24.8 Å². The van der Waals surface area contributed by atoms with E-state index in [1.165, 1.54) is 0 Å². The molecule has 3 heterocycles. The number of hydrogen-bond donors (Lipinski definition) is 2. The largest absolute Gasteiger partial charge is 0.479 e. The van der Waals surface area contributed by atoms with Gasteiger partial charge in [0.25, 0.3) is 0 Å². The lowest BCUT2D eigenvalue weighted by Crippen LogP contribution is -2.51. The number of rotatable bonds is 5. The summed E-state index contributed by atoms with van der Waals surface area (Å²) in [6.45, 7) is 4.88. The lowest BCUT2D eigenvalue weighted by atomic mass is 9.87. The quantitative estimate of drug-likeness (QED) is 0.826. The molecule has 0 atom stereocenters. The lowest BCUT2D eigenvalue weighted by Gasteiger charge is -2.40. The molecular formula is C16H22N6O3. The third kappa shape index (κ3) is 3.35. The van der Waals surface area contributed by atoms with Gasteiger partial charge in [0.1, 0.15) is 11.4 Å². The SMILES string of the molecule is CC(C)Oc1cc(N2CCC(C(=O)O)(n3ccnc3)CC2)nc(N)n1. The Kier molecular flexibility index (Phi) is 4.47. The number of carbonyl (C=O) groups is 1. The van der Waals surface area contributed by atoms with Crippen molar-refractivity contribution >= 4 is 17.7 Å². The molecule has 3 rings (SSSR count). The average Bonchev–Trinajstić information content (AvgIpc) is 3.08. The Labute approximate surface area is 145 Å². The van der Waals surface area contributed by atoms with Crippen molar-refractivity contribution < 1.29 is 14.6 Å². The van der Waals surface area contributed by atoms with Crippen molar-refractivity contribution in [2.24, 2.45) is 0 Å². The number of aliphatic carboxylic acids is 1. The molecule has 2 aromatic rings. The van der Waals surface area contributed by atoms with Crippen molar-refractivity contribution in [2.45, 2.75) is 38.3 Å². The standard InChI is InChI=1S/C16H22N6O3/c1-11(2)25-13-9-12(19-15(17)20-13)21-6-3-16(4-7-21,14(23)24)22-8-5-18-10-22/h5,8-11H,3-4,6-7H2,1-2H3,(H,23,24)(H2,17,19,20). The summed E-state index contributed by atoms with van der Waals surface area (Å²) < 4.78 is 7.28. The molecule has 0 saturated carbocycles. The van der Waals surface area contributed by atoms with Crippen molar-refractivity contribution in [1.29, 1.82) is 0 Å². The first-order chi connectivity index (χ1) is 11.9. The molecule has 0 spiro atoms. The number of nitrogens with two attached hydrogens (primary N) is 1. The molecule has 25 heavy (non-hydrogen) atoms. The minimum atomic E-state index is -0.983. The zero-order valence-electron chi connectivity index (χ0n) is 14.3. The van der Waals surface area contributed by atoms with Gasteiger partial charge >= 0.3 is 5.97 Å². The van der Waals surface area contributed by atoms with Gasteiger partial charge in [-0.2, -0.15) is 9.97 Å². The number of aromatic nitrogens is 4. The molecule has 1 aliphatic heterocycles. The molecule has 1 fully saturated rings. The van der Waals surface area contributed by atoms with Crippen LogP contribution in [0, 0.1) is 0 Å². The van der Waals surface area contributed by atoms with Gasteiger partial charge in [-0.05, 0) is 26.7 Å². The van der Waals surface area contributed by atoms with E-state index in [1.807, 2.05) is 18.7 Å². The Morgan fingerprint density at radius 1 is 1.36 bits per heavy atom. The second-order valence-corrected chi connectivity index (χ2v) is 6.38. The van der Waals surface area contributed by atoms with Crippen LogP contribution in [0.25, 0.3) is 0 Å². The number of anilines is 2. The summed E-state index contributed by atoms with van der Waals surface area (Å²) in [6, 6.07) is 1.74. The first-order valence-corrected chi connectivity index (χ1v) is 8.19. The molecule has 0 unspecified atom stereocenters. The van der Waals surface area contributed by atoms with Crippen LogP contribution in [0.2, 0.25) is 0 Å². The van der Waals surface area contributed by atoms with Crippen LogP contribution in [0.3, 0.4) is 0 Å². The van der Waals surface area contributed by atoms with E-state index in [4.69, 9.17) is 10.5 Å². The number of piperidine rings is 1. The molecule has 1 aliphatic rings. The van der Waals surface area contributed by atoms with E-state index in [2.05, 4.69) is 15.0 Å². The van der Waals surface area contributed by atoms with Gasteiger partial charge in [0.15, 0.2) is 0 Å². The molecule has 0 bridgehead atoms. The van der Waals surface area contributed by atoms with Crippen molar-refractivity contribution in [3.05, 3.63) is 24.8 Å². The third-order valence-corrected chi connectivity index (χ3v) is 4.37. The van der Waals surface area contributed by atoms with Crippen LogP contribution < -0.4 is 15.4 Å². The summed E-state index contributed by atoms with van der Waals surface area (Å²) in [5.41, 5.74) is 4.80. The second-order valence-electron chi connectivity index (χ2n) is 6.38. The van der Waals surface area contributed by atoms with Gasteiger partial charge in [-0.25, -0.2) is 9.78 Å². The van der Waals surface area contributed by atoms with Gasteiger partial charge in [-0.1, -0.05) is 0 Å². The zero-order valence-corrected chi connectivity index (χ0v) is 14.3. The minimum absolute atomic E-state index is 0.0237. The Bertz CT molecular complexity index is 738. The van der Waals surface area contributed by atoms with E-state index in [0.29, 0.717) is 37.6 Å². The highest BCUT2D eigenvalue weighted by Gasteiger charge is 2.43. The van der Waals surface area contributed by atoms with E-state index in [-0.39, 0.29) is 12.1 Å². The molecule has 0 aliphatic carbocycles. The van der Waals surface area contributed by atoms with Gasteiger partial charge in [0.05, 0.1) is 12.4 Å². The van der Waals surface area contributed by atoms with Gasteiger partial charge < -0.3 is 25.0 Å². The Morgan fingerprint density at radius 3 is 2.64 bits per heavy atom. The number of nitrogens with zero attached hydrogens (tertiary/aromatic N) is 5. The van der Waals surface area contributed by atoms with Gasteiger partial charge in [-0.3, -0.25) is 0 Å². The van der Waals surface area contributed by atoms with Crippen LogP contribution in [0.4, 0.5) is 11.8 Å². The molecule has 3 N–H and O–H groups in total. The molecule has 1 saturated heterocycles. The van der Waals surface area contributed by atoms with E-state index in [1.54, 1.807) is 29.4 Å². The van der Waals surface area contributed by atoms with Crippen LogP contribution in [-0.2, 0) is 10.3 Å². The van der Waals surface area contributed by atoms with Gasteiger partial charge in [0, 0.05) is 31.5 Å². The van der Waals surface area contributed by atoms with Gasteiger partial charge in [-0.15, -0.1) is 0 Å². The van der Waals surface area contributed by atoms with Crippen LogP contribution in [0.5, 0.6) is 5.88 Å².